The molecule has 0 radical (unpaired) electrons. The summed E-state index contributed by atoms with van der Waals surface area (Å²) in [5, 5.41) is 3.12. The number of carbonyl (C=O) groups excluding carboxylic acids is 2. The quantitative estimate of drug-likeness (QED) is 0.405. The lowest BCUT2D eigenvalue weighted by Gasteiger charge is -2.32. The Hall–Kier alpha value is -3.80. The average Bonchev–Trinajstić information content (AvgIpc) is 2.94. The van der Waals surface area contributed by atoms with Crippen molar-refractivity contribution in [2.24, 2.45) is 0 Å². The zero-order valence-electron chi connectivity index (χ0n) is 21.7. The minimum absolute atomic E-state index is 0.0252. The van der Waals surface area contributed by atoms with E-state index in [4.69, 9.17) is 9.47 Å². The number of amides is 2. The van der Waals surface area contributed by atoms with Crippen LogP contribution in [0.15, 0.2) is 78.9 Å². The van der Waals surface area contributed by atoms with Crippen molar-refractivity contribution in [2.75, 3.05) is 13.2 Å². The minimum Gasteiger partial charge on any atom is -0.486 e. The maximum atomic E-state index is 13.8. The Morgan fingerprint density at radius 3 is 2.19 bits per heavy atom. The Morgan fingerprint density at radius 1 is 0.865 bits per heavy atom. The number of hydrogen-bond donors (Lipinski definition) is 1. The number of ether oxygens (including phenoxy) is 2. The number of nitrogens with one attached hydrogen (secondary N) is 1. The lowest BCUT2D eigenvalue weighted by molar-refractivity contribution is -0.141. The van der Waals surface area contributed by atoms with E-state index in [0.29, 0.717) is 38.3 Å². The van der Waals surface area contributed by atoms with Gasteiger partial charge in [-0.3, -0.25) is 9.59 Å². The van der Waals surface area contributed by atoms with Gasteiger partial charge in [0.05, 0.1) is 0 Å². The first-order chi connectivity index (χ1) is 18.0. The van der Waals surface area contributed by atoms with Crippen molar-refractivity contribution < 1.29 is 19.1 Å². The molecule has 6 heteroatoms. The molecule has 0 spiro atoms. The second kappa shape index (κ2) is 12.9. The van der Waals surface area contributed by atoms with Crippen LogP contribution >= 0.6 is 0 Å². The summed E-state index contributed by atoms with van der Waals surface area (Å²) in [6.45, 7) is 5.46. The number of carbonyl (C=O) groups is 2. The Balaban J connectivity index is 1.58. The van der Waals surface area contributed by atoms with Crippen molar-refractivity contribution in [2.45, 2.75) is 58.2 Å². The van der Waals surface area contributed by atoms with Crippen molar-refractivity contribution >= 4 is 11.8 Å². The first-order valence-corrected chi connectivity index (χ1v) is 13.1. The fourth-order valence-corrected chi connectivity index (χ4v) is 4.41. The topological polar surface area (TPSA) is 67.9 Å². The maximum Gasteiger partial charge on any atom is 0.243 e. The third-order valence-electron chi connectivity index (χ3n) is 6.70. The highest BCUT2D eigenvalue weighted by atomic mass is 16.6. The van der Waals surface area contributed by atoms with E-state index in [1.165, 1.54) is 0 Å². The molecule has 3 aromatic carbocycles. The number of hydrogen-bond acceptors (Lipinski definition) is 4. The summed E-state index contributed by atoms with van der Waals surface area (Å²) >= 11 is 0. The van der Waals surface area contributed by atoms with Crippen LogP contribution in [0.25, 0.3) is 0 Å². The van der Waals surface area contributed by atoms with Crippen LogP contribution in [-0.4, -0.2) is 42.0 Å². The Morgan fingerprint density at radius 2 is 1.51 bits per heavy atom. The van der Waals surface area contributed by atoms with E-state index in [1.807, 2.05) is 92.7 Å². The first kappa shape index (κ1) is 26.3. The fourth-order valence-electron chi connectivity index (χ4n) is 4.41. The van der Waals surface area contributed by atoms with E-state index < -0.39 is 6.04 Å². The number of benzene rings is 3. The maximum absolute atomic E-state index is 13.8. The summed E-state index contributed by atoms with van der Waals surface area (Å²) in [6, 6.07) is 25.0. The first-order valence-electron chi connectivity index (χ1n) is 13.1. The van der Waals surface area contributed by atoms with Crippen molar-refractivity contribution in [3.8, 4) is 11.5 Å². The van der Waals surface area contributed by atoms with Crippen molar-refractivity contribution in [1.82, 2.24) is 10.2 Å². The van der Waals surface area contributed by atoms with Crippen LogP contribution in [0.2, 0.25) is 0 Å². The number of nitrogens with zero attached hydrogens (tertiary/aromatic N) is 1. The molecule has 0 bridgehead atoms. The van der Waals surface area contributed by atoms with Crippen LogP contribution in [0.5, 0.6) is 11.5 Å². The average molecular weight is 501 g/mol. The van der Waals surface area contributed by atoms with Gasteiger partial charge in [-0.05, 0) is 48.6 Å². The van der Waals surface area contributed by atoms with E-state index in [-0.39, 0.29) is 24.3 Å². The highest BCUT2D eigenvalue weighted by Gasteiger charge is 2.30. The number of rotatable bonds is 11. The summed E-state index contributed by atoms with van der Waals surface area (Å²) in [5.41, 5.74) is 3.01. The smallest absolute Gasteiger partial charge is 0.243 e. The van der Waals surface area contributed by atoms with Gasteiger partial charge in [0.2, 0.25) is 11.8 Å². The standard InChI is InChI=1S/C31H36N2O4/c1-3-23(2)32-31(35)27(20-24-10-6-4-7-11-24)33(22-26-12-8-5-9-13-26)30(34)17-15-25-14-16-28-29(21-25)37-19-18-36-28/h4-14,16,21,23,27H,3,15,17-20,22H2,1-2H3,(H,32,35)/t23-,27-/m1/s1. The van der Waals surface area contributed by atoms with Gasteiger partial charge < -0.3 is 19.7 Å². The molecule has 194 valence electrons. The highest BCUT2D eigenvalue weighted by Crippen LogP contribution is 2.31. The van der Waals surface area contributed by atoms with Gasteiger partial charge in [0.25, 0.3) is 0 Å². The third-order valence-corrected chi connectivity index (χ3v) is 6.70. The Labute approximate surface area is 219 Å². The van der Waals surface area contributed by atoms with E-state index in [1.54, 1.807) is 4.90 Å². The Kier molecular flexibility index (Phi) is 9.19. The van der Waals surface area contributed by atoms with Gasteiger partial charge in [0, 0.05) is 25.4 Å². The van der Waals surface area contributed by atoms with Crippen LogP contribution < -0.4 is 14.8 Å². The van der Waals surface area contributed by atoms with Crippen LogP contribution in [0.4, 0.5) is 0 Å². The zero-order chi connectivity index (χ0) is 26.0. The van der Waals surface area contributed by atoms with Crippen LogP contribution in [0.1, 0.15) is 43.4 Å². The predicted octanol–water partition coefficient (Wildman–Crippen LogP) is 4.95. The summed E-state index contributed by atoms with van der Waals surface area (Å²) in [4.78, 5) is 29.1. The summed E-state index contributed by atoms with van der Waals surface area (Å²) in [7, 11) is 0. The second-order valence-corrected chi connectivity index (χ2v) is 9.51. The van der Waals surface area contributed by atoms with Gasteiger partial charge in [-0.1, -0.05) is 73.7 Å². The fraction of sp³-hybridized carbons (Fsp3) is 0.355. The molecule has 2 amide bonds. The van der Waals surface area contributed by atoms with Gasteiger partial charge in [-0.15, -0.1) is 0 Å². The van der Waals surface area contributed by atoms with Gasteiger partial charge in [0.1, 0.15) is 19.3 Å². The molecule has 0 fully saturated rings. The number of fused-ring (bicyclic) bond motifs is 1. The molecule has 2 atom stereocenters. The largest absolute Gasteiger partial charge is 0.486 e. The minimum atomic E-state index is -0.621. The van der Waals surface area contributed by atoms with E-state index >= 15 is 0 Å². The van der Waals surface area contributed by atoms with Crippen LogP contribution in [0.3, 0.4) is 0 Å². The molecule has 4 rings (SSSR count). The van der Waals surface area contributed by atoms with E-state index in [2.05, 4.69) is 5.32 Å². The Bertz CT molecular complexity index is 1170. The predicted molar refractivity (Wildman–Crippen MR) is 145 cm³/mol. The van der Waals surface area contributed by atoms with E-state index in [0.717, 1.165) is 28.9 Å². The highest BCUT2D eigenvalue weighted by molar-refractivity contribution is 5.88. The van der Waals surface area contributed by atoms with Gasteiger partial charge in [-0.25, -0.2) is 0 Å². The third kappa shape index (κ3) is 7.35. The molecule has 6 nitrogen and oxygen atoms in total. The number of aryl methyl sites for hydroxylation is 1. The molecule has 37 heavy (non-hydrogen) atoms. The molecule has 0 aliphatic carbocycles. The van der Waals surface area contributed by atoms with Gasteiger partial charge in [0.15, 0.2) is 11.5 Å². The summed E-state index contributed by atoms with van der Waals surface area (Å²) in [6.07, 6.45) is 2.10. The summed E-state index contributed by atoms with van der Waals surface area (Å²) in [5.74, 6) is 1.27. The SMILES string of the molecule is CC[C@@H](C)NC(=O)[C@@H](Cc1ccccc1)N(Cc1ccccc1)C(=O)CCc1ccc2c(c1)OCCO2. The van der Waals surface area contributed by atoms with Crippen LogP contribution in [0, 0.1) is 0 Å². The van der Waals surface area contributed by atoms with Crippen molar-refractivity contribution in [3.05, 3.63) is 95.6 Å². The molecule has 1 N–H and O–H groups in total. The van der Waals surface area contributed by atoms with Crippen molar-refractivity contribution in [1.29, 1.82) is 0 Å². The lowest BCUT2D eigenvalue weighted by Crippen LogP contribution is -2.52. The second-order valence-electron chi connectivity index (χ2n) is 9.51. The zero-order valence-corrected chi connectivity index (χ0v) is 21.7. The summed E-state index contributed by atoms with van der Waals surface area (Å²) < 4.78 is 11.3. The molecule has 0 saturated heterocycles. The van der Waals surface area contributed by atoms with Gasteiger partial charge in [-0.2, -0.15) is 0 Å². The molecule has 1 aliphatic rings. The molecule has 0 unspecified atom stereocenters. The molecule has 3 aromatic rings. The molecule has 1 heterocycles. The molecule has 0 aromatic heterocycles. The molecular weight excluding hydrogens is 464 g/mol. The molecule has 0 saturated carbocycles. The normalized spacial score (nSPS) is 13.9. The monoisotopic (exact) mass is 500 g/mol. The van der Waals surface area contributed by atoms with Crippen LogP contribution in [-0.2, 0) is 29.0 Å². The van der Waals surface area contributed by atoms with E-state index in [9.17, 15) is 9.59 Å². The van der Waals surface area contributed by atoms with Crippen molar-refractivity contribution in [3.63, 3.8) is 0 Å². The molecular formula is C31H36N2O4. The lowest BCUT2D eigenvalue weighted by atomic mass is 10.0. The van der Waals surface area contributed by atoms with Gasteiger partial charge >= 0.3 is 0 Å². The molecule has 1 aliphatic heterocycles.